The monoisotopic (exact) mass is 408 g/mol. The van der Waals surface area contributed by atoms with E-state index < -0.39 is 24.1 Å². The number of rotatable bonds is 6. The molecule has 3 amide bonds. The predicted molar refractivity (Wildman–Crippen MR) is 99.4 cm³/mol. The summed E-state index contributed by atoms with van der Waals surface area (Å²) in [6, 6.07) is 7.76. The molecule has 3 rings (SSSR count). The first kappa shape index (κ1) is 20.4. The fourth-order valence-electron chi connectivity index (χ4n) is 2.89. The molecular weight excluding hydrogens is 389 g/mol. The maximum atomic E-state index is 12.7. The maximum absolute atomic E-state index is 12.7. The van der Waals surface area contributed by atoms with Gasteiger partial charge in [0.1, 0.15) is 18.1 Å². The van der Waals surface area contributed by atoms with Gasteiger partial charge in [0.25, 0.3) is 5.91 Å². The lowest BCUT2D eigenvalue weighted by atomic mass is 10.2. The molecule has 1 aromatic carbocycles. The molecule has 0 spiro atoms. The molecule has 1 aliphatic heterocycles. The number of urea groups is 1. The summed E-state index contributed by atoms with van der Waals surface area (Å²) in [6.07, 6.45) is -3.20. The van der Waals surface area contributed by atoms with Crippen LogP contribution in [0.3, 0.4) is 0 Å². The third kappa shape index (κ3) is 5.15. The molecule has 1 N–H and O–H groups in total. The summed E-state index contributed by atoms with van der Waals surface area (Å²) in [5.41, 5.74) is 0.967. The summed E-state index contributed by atoms with van der Waals surface area (Å²) < 4.78 is 40.6. The maximum Gasteiger partial charge on any atom is 0.573 e. The van der Waals surface area contributed by atoms with Crippen LogP contribution in [0.5, 0.6) is 5.75 Å². The summed E-state index contributed by atoms with van der Waals surface area (Å²) in [5, 5.41) is 3.16. The predicted octanol–water partition coefficient (Wildman–Crippen LogP) is 3.77. The molecule has 0 aliphatic carbocycles. The zero-order chi connectivity index (χ0) is 21.2. The molecule has 1 aromatic heterocycles. The second kappa shape index (κ2) is 7.98. The van der Waals surface area contributed by atoms with E-state index in [0.717, 1.165) is 22.6 Å². The summed E-state index contributed by atoms with van der Waals surface area (Å²) in [6.45, 7) is 4.01. The molecule has 0 atom stereocenters. The molecule has 29 heavy (non-hydrogen) atoms. The first-order chi connectivity index (χ1) is 13.6. The van der Waals surface area contributed by atoms with Gasteiger partial charge >= 0.3 is 12.4 Å². The second-order valence-electron chi connectivity index (χ2n) is 6.76. The fraction of sp³-hybridized carbons (Fsp3) is 0.316. The van der Waals surface area contributed by atoms with Crippen LogP contribution in [0.1, 0.15) is 19.4 Å². The van der Waals surface area contributed by atoms with Gasteiger partial charge in [-0.25, -0.2) is 14.7 Å². The van der Waals surface area contributed by atoms with Crippen LogP contribution in [0.15, 0.2) is 42.6 Å². The number of pyridine rings is 1. The number of carbonyl (C=O) groups excluding carboxylic acids is 2. The molecular formula is C19H19F3N4O3. The number of halogens is 3. The van der Waals surface area contributed by atoms with Crippen molar-refractivity contribution in [2.45, 2.75) is 32.8 Å². The van der Waals surface area contributed by atoms with E-state index in [1.165, 1.54) is 17.0 Å². The fourth-order valence-corrected chi connectivity index (χ4v) is 2.89. The van der Waals surface area contributed by atoms with E-state index in [9.17, 15) is 22.8 Å². The highest BCUT2D eigenvalue weighted by Gasteiger charge is 2.37. The van der Waals surface area contributed by atoms with E-state index in [1.807, 2.05) is 13.8 Å². The number of aromatic nitrogens is 1. The van der Waals surface area contributed by atoms with E-state index in [4.69, 9.17) is 0 Å². The first-order valence-electron chi connectivity index (χ1n) is 8.81. The van der Waals surface area contributed by atoms with Crippen molar-refractivity contribution in [2.75, 3.05) is 16.8 Å². The van der Waals surface area contributed by atoms with Crippen LogP contribution in [0.25, 0.3) is 0 Å². The molecule has 0 bridgehead atoms. The van der Waals surface area contributed by atoms with Crippen molar-refractivity contribution in [2.24, 2.45) is 0 Å². The third-order valence-electron chi connectivity index (χ3n) is 4.00. The minimum Gasteiger partial charge on any atom is -0.406 e. The molecule has 154 valence electrons. The number of hydrogen-bond acceptors (Lipinski definition) is 5. The van der Waals surface area contributed by atoms with Gasteiger partial charge in [0.2, 0.25) is 0 Å². The number of benzene rings is 1. The molecule has 7 nitrogen and oxygen atoms in total. The number of anilines is 2. The zero-order valence-corrected chi connectivity index (χ0v) is 15.7. The van der Waals surface area contributed by atoms with E-state index in [2.05, 4.69) is 15.0 Å². The number of nitrogens with zero attached hydrogens (tertiary/aromatic N) is 3. The Morgan fingerprint density at radius 2 is 1.86 bits per heavy atom. The number of amides is 3. The third-order valence-corrected chi connectivity index (χ3v) is 4.00. The minimum atomic E-state index is -4.81. The normalized spacial score (nSPS) is 14.7. The van der Waals surface area contributed by atoms with Crippen molar-refractivity contribution >= 4 is 23.4 Å². The molecule has 10 heteroatoms. The zero-order valence-electron chi connectivity index (χ0n) is 15.7. The van der Waals surface area contributed by atoms with Crippen molar-refractivity contribution in [3.63, 3.8) is 0 Å². The molecule has 2 aromatic rings. The standard InChI is InChI=1S/C19H19F3N4O3/c1-12(2)24-16-9-13(7-8-23-16)10-25-11-17(27)26(18(25)28)14-3-5-15(6-4-14)29-19(20,21)22/h3-9,12H,10-11H2,1-2H3,(H,23,24). The van der Waals surface area contributed by atoms with Crippen molar-refractivity contribution in [1.29, 1.82) is 0 Å². The lowest BCUT2D eigenvalue weighted by Crippen LogP contribution is -2.32. The topological polar surface area (TPSA) is 74.8 Å². The number of hydrogen-bond donors (Lipinski definition) is 1. The van der Waals surface area contributed by atoms with E-state index in [1.54, 1.807) is 18.3 Å². The Kier molecular flexibility index (Phi) is 5.62. The molecule has 1 fully saturated rings. The minimum absolute atomic E-state index is 0.130. The van der Waals surface area contributed by atoms with Crippen molar-refractivity contribution < 1.29 is 27.5 Å². The largest absolute Gasteiger partial charge is 0.573 e. The van der Waals surface area contributed by atoms with Gasteiger partial charge < -0.3 is 15.0 Å². The SMILES string of the molecule is CC(C)Nc1cc(CN2CC(=O)N(c3ccc(OC(F)(F)F)cc3)C2=O)ccn1. The Morgan fingerprint density at radius 1 is 1.17 bits per heavy atom. The molecule has 0 radical (unpaired) electrons. The van der Waals surface area contributed by atoms with Crippen molar-refractivity contribution in [1.82, 2.24) is 9.88 Å². The van der Waals surface area contributed by atoms with Gasteiger partial charge in [-0.2, -0.15) is 0 Å². The number of nitrogens with one attached hydrogen (secondary N) is 1. The van der Waals surface area contributed by atoms with Gasteiger partial charge in [-0.05, 0) is 55.8 Å². The summed E-state index contributed by atoms with van der Waals surface area (Å²) in [7, 11) is 0. The first-order valence-corrected chi connectivity index (χ1v) is 8.81. The van der Waals surface area contributed by atoms with Crippen LogP contribution in [0.2, 0.25) is 0 Å². The van der Waals surface area contributed by atoms with Gasteiger partial charge in [-0.1, -0.05) is 0 Å². The highest BCUT2D eigenvalue weighted by Crippen LogP contribution is 2.28. The van der Waals surface area contributed by atoms with Crippen LogP contribution in [0.4, 0.5) is 29.5 Å². The average molecular weight is 408 g/mol. The second-order valence-corrected chi connectivity index (χ2v) is 6.76. The Bertz CT molecular complexity index is 900. The van der Waals surface area contributed by atoms with E-state index >= 15 is 0 Å². The van der Waals surface area contributed by atoms with Gasteiger partial charge in [0.05, 0.1) is 5.69 Å². The van der Waals surface area contributed by atoms with Crippen LogP contribution >= 0.6 is 0 Å². The lowest BCUT2D eigenvalue weighted by molar-refractivity contribution is -0.274. The average Bonchev–Trinajstić information content (AvgIpc) is 2.88. The van der Waals surface area contributed by atoms with Crippen molar-refractivity contribution in [3.05, 3.63) is 48.2 Å². The van der Waals surface area contributed by atoms with Crippen LogP contribution in [-0.4, -0.2) is 40.8 Å². The van der Waals surface area contributed by atoms with Crippen LogP contribution < -0.4 is 15.0 Å². The molecule has 0 saturated carbocycles. The summed E-state index contributed by atoms with van der Waals surface area (Å²) in [4.78, 5) is 31.5. The van der Waals surface area contributed by atoms with Gasteiger partial charge in [-0.3, -0.25) is 4.79 Å². The number of imide groups is 1. The Morgan fingerprint density at radius 3 is 2.48 bits per heavy atom. The van der Waals surface area contributed by atoms with Crippen molar-refractivity contribution in [3.8, 4) is 5.75 Å². The lowest BCUT2D eigenvalue weighted by Gasteiger charge is -2.18. The van der Waals surface area contributed by atoms with Crippen LogP contribution in [0, 0.1) is 0 Å². The molecule has 2 heterocycles. The Balaban J connectivity index is 1.71. The number of alkyl halides is 3. The van der Waals surface area contributed by atoms with Gasteiger partial charge in [0, 0.05) is 18.8 Å². The highest BCUT2D eigenvalue weighted by atomic mass is 19.4. The molecule has 0 unspecified atom stereocenters. The smallest absolute Gasteiger partial charge is 0.406 e. The highest BCUT2D eigenvalue weighted by molar-refractivity contribution is 6.19. The quantitative estimate of drug-likeness (QED) is 0.737. The number of carbonyl (C=O) groups is 2. The Hall–Kier alpha value is -3.30. The van der Waals surface area contributed by atoms with Crippen LogP contribution in [-0.2, 0) is 11.3 Å². The Labute approximate surface area is 165 Å². The molecule has 1 saturated heterocycles. The summed E-state index contributed by atoms with van der Waals surface area (Å²) in [5.74, 6) is -0.235. The van der Waals surface area contributed by atoms with E-state index in [0.29, 0.717) is 5.82 Å². The molecule has 1 aliphatic rings. The van der Waals surface area contributed by atoms with Gasteiger partial charge in [-0.15, -0.1) is 13.2 Å². The summed E-state index contributed by atoms with van der Waals surface area (Å²) >= 11 is 0. The van der Waals surface area contributed by atoms with E-state index in [-0.39, 0.29) is 24.8 Å². The number of ether oxygens (including phenoxy) is 1. The van der Waals surface area contributed by atoms with Gasteiger partial charge in [0.15, 0.2) is 0 Å².